The lowest BCUT2D eigenvalue weighted by Crippen LogP contribution is -2.57. The molecule has 0 aromatic rings. The monoisotopic (exact) mass is 242 g/mol. The first-order chi connectivity index (χ1) is 7.93. The Labute approximate surface area is 102 Å². The highest BCUT2D eigenvalue weighted by Gasteiger charge is 2.40. The number of carboxylic acids is 1. The van der Waals surface area contributed by atoms with Gasteiger partial charge in [-0.15, -0.1) is 0 Å². The lowest BCUT2D eigenvalue weighted by molar-refractivity contribution is -0.139. The van der Waals surface area contributed by atoms with Crippen LogP contribution in [0.4, 0.5) is 4.79 Å². The summed E-state index contributed by atoms with van der Waals surface area (Å²) in [5.41, 5.74) is -0.506. The fourth-order valence-corrected chi connectivity index (χ4v) is 2.00. The predicted octanol–water partition coefficient (Wildman–Crippen LogP) is 1.73. The van der Waals surface area contributed by atoms with Gasteiger partial charge in [0.25, 0.3) is 0 Å². The van der Waals surface area contributed by atoms with Gasteiger partial charge in [-0.2, -0.15) is 0 Å². The standard InChI is InChI=1S/C12H22N2O3/c1-9(2)4-7-13-11(17)14-12(5-3-6-12)8-10(15)16/h9H,3-8H2,1-2H3,(H,15,16)(H2,13,14,17). The normalized spacial score (nSPS) is 17.4. The van der Waals surface area contributed by atoms with Gasteiger partial charge in [-0.05, 0) is 31.6 Å². The van der Waals surface area contributed by atoms with Gasteiger partial charge < -0.3 is 15.7 Å². The van der Waals surface area contributed by atoms with Gasteiger partial charge in [0.05, 0.1) is 12.0 Å². The van der Waals surface area contributed by atoms with Crippen molar-refractivity contribution in [3.05, 3.63) is 0 Å². The quantitative estimate of drug-likeness (QED) is 0.663. The number of carbonyl (C=O) groups excluding carboxylic acids is 1. The second kappa shape index (κ2) is 5.89. The van der Waals surface area contributed by atoms with Crippen LogP contribution in [0.2, 0.25) is 0 Å². The van der Waals surface area contributed by atoms with Gasteiger partial charge in [0, 0.05) is 6.54 Å². The topological polar surface area (TPSA) is 78.4 Å². The largest absolute Gasteiger partial charge is 0.481 e. The molecule has 0 saturated heterocycles. The lowest BCUT2D eigenvalue weighted by Gasteiger charge is -2.41. The predicted molar refractivity (Wildman–Crippen MR) is 64.8 cm³/mol. The summed E-state index contributed by atoms with van der Waals surface area (Å²) in [4.78, 5) is 22.3. The third-order valence-corrected chi connectivity index (χ3v) is 3.19. The highest BCUT2D eigenvalue weighted by Crippen LogP contribution is 2.34. The molecule has 2 amide bonds. The second-order valence-corrected chi connectivity index (χ2v) is 5.27. The number of hydrogen-bond acceptors (Lipinski definition) is 2. The number of rotatable bonds is 6. The zero-order valence-corrected chi connectivity index (χ0v) is 10.6. The van der Waals surface area contributed by atoms with Gasteiger partial charge in [0.2, 0.25) is 0 Å². The minimum Gasteiger partial charge on any atom is -0.481 e. The molecule has 1 aliphatic rings. The van der Waals surface area contributed by atoms with Crippen molar-refractivity contribution in [1.29, 1.82) is 0 Å². The van der Waals surface area contributed by atoms with Gasteiger partial charge in [0.1, 0.15) is 0 Å². The molecular formula is C12H22N2O3. The molecule has 0 aliphatic heterocycles. The molecule has 1 aliphatic carbocycles. The number of hydrogen-bond donors (Lipinski definition) is 3. The molecule has 0 aromatic heterocycles. The van der Waals surface area contributed by atoms with Gasteiger partial charge in [-0.3, -0.25) is 4.79 Å². The summed E-state index contributed by atoms with van der Waals surface area (Å²) < 4.78 is 0. The van der Waals surface area contributed by atoms with E-state index in [0.717, 1.165) is 25.7 Å². The van der Waals surface area contributed by atoms with Crippen molar-refractivity contribution >= 4 is 12.0 Å². The summed E-state index contributed by atoms with van der Waals surface area (Å²) in [5.74, 6) is -0.306. The number of carbonyl (C=O) groups is 2. The third-order valence-electron chi connectivity index (χ3n) is 3.19. The average molecular weight is 242 g/mol. The van der Waals surface area contributed by atoms with E-state index < -0.39 is 11.5 Å². The summed E-state index contributed by atoms with van der Waals surface area (Å²) in [6.07, 6.45) is 3.46. The Morgan fingerprint density at radius 2 is 2.00 bits per heavy atom. The Hall–Kier alpha value is -1.26. The maximum absolute atomic E-state index is 11.6. The zero-order chi connectivity index (χ0) is 12.9. The lowest BCUT2D eigenvalue weighted by atomic mass is 9.74. The SMILES string of the molecule is CC(C)CCNC(=O)NC1(CC(=O)O)CCC1. The van der Waals surface area contributed by atoms with Crippen LogP contribution in [0.15, 0.2) is 0 Å². The Balaban J connectivity index is 2.30. The molecule has 1 rings (SSSR count). The van der Waals surface area contributed by atoms with Crippen molar-refractivity contribution in [1.82, 2.24) is 10.6 Å². The Bertz CT molecular complexity index is 285. The van der Waals surface area contributed by atoms with Gasteiger partial charge in [0.15, 0.2) is 0 Å². The number of nitrogens with one attached hydrogen (secondary N) is 2. The van der Waals surface area contributed by atoms with Crippen LogP contribution in [0.25, 0.3) is 0 Å². The van der Waals surface area contributed by atoms with Crippen molar-refractivity contribution in [2.24, 2.45) is 5.92 Å². The summed E-state index contributed by atoms with van der Waals surface area (Å²) in [6, 6.07) is -0.244. The third kappa shape index (κ3) is 4.63. The van der Waals surface area contributed by atoms with Crippen molar-refractivity contribution < 1.29 is 14.7 Å². The van der Waals surface area contributed by atoms with Crippen LogP contribution in [-0.4, -0.2) is 29.2 Å². The molecule has 0 bridgehead atoms. The van der Waals surface area contributed by atoms with Crippen LogP contribution < -0.4 is 10.6 Å². The maximum atomic E-state index is 11.6. The molecule has 0 radical (unpaired) electrons. The fourth-order valence-electron chi connectivity index (χ4n) is 2.00. The maximum Gasteiger partial charge on any atom is 0.315 e. The first-order valence-electron chi connectivity index (χ1n) is 6.21. The van der Waals surface area contributed by atoms with E-state index >= 15 is 0 Å². The summed E-state index contributed by atoms with van der Waals surface area (Å²) in [5, 5.41) is 14.4. The first kappa shape index (κ1) is 13.8. The molecule has 5 nitrogen and oxygen atoms in total. The molecule has 3 N–H and O–H groups in total. The number of urea groups is 1. The van der Waals surface area contributed by atoms with Crippen LogP contribution in [0, 0.1) is 5.92 Å². The number of amides is 2. The van der Waals surface area contributed by atoms with Crippen molar-refractivity contribution in [3.8, 4) is 0 Å². The molecule has 98 valence electrons. The van der Waals surface area contributed by atoms with E-state index in [1.165, 1.54) is 0 Å². The fraction of sp³-hybridized carbons (Fsp3) is 0.833. The van der Waals surface area contributed by atoms with Crippen LogP contribution in [0.5, 0.6) is 0 Å². The Kier molecular flexibility index (Phi) is 4.78. The molecule has 17 heavy (non-hydrogen) atoms. The molecule has 0 unspecified atom stereocenters. The Morgan fingerprint density at radius 1 is 1.35 bits per heavy atom. The van der Waals surface area contributed by atoms with Crippen molar-refractivity contribution in [2.75, 3.05) is 6.54 Å². The minimum atomic E-state index is -0.854. The van der Waals surface area contributed by atoms with Crippen molar-refractivity contribution in [2.45, 2.75) is 51.5 Å². The van der Waals surface area contributed by atoms with Crippen LogP contribution >= 0.6 is 0 Å². The molecule has 0 spiro atoms. The van der Waals surface area contributed by atoms with E-state index in [1.807, 2.05) is 0 Å². The van der Waals surface area contributed by atoms with Crippen LogP contribution in [0.3, 0.4) is 0 Å². The van der Waals surface area contributed by atoms with Crippen molar-refractivity contribution in [3.63, 3.8) is 0 Å². The van der Waals surface area contributed by atoms with Gasteiger partial charge in [-0.1, -0.05) is 13.8 Å². The first-order valence-corrected chi connectivity index (χ1v) is 6.21. The average Bonchev–Trinajstić information content (AvgIpc) is 2.12. The molecule has 5 heteroatoms. The number of aliphatic carboxylic acids is 1. The zero-order valence-electron chi connectivity index (χ0n) is 10.6. The molecule has 1 fully saturated rings. The molecule has 0 atom stereocenters. The van der Waals surface area contributed by atoms with E-state index in [4.69, 9.17) is 5.11 Å². The van der Waals surface area contributed by atoms with E-state index in [1.54, 1.807) is 0 Å². The van der Waals surface area contributed by atoms with E-state index in [-0.39, 0.29) is 12.5 Å². The van der Waals surface area contributed by atoms with E-state index in [2.05, 4.69) is 24.5 Å². The number of carboxylic acid groups (broad SMARTS) is 1. The second-order valence-electron chi connectivity index (χ2n) is 5.27. The molecule has 0 heterocycles. The van der Waals surface area contributed by atoms with E-state index in [9.17, 15) is 9.59 Å². The minimum absolute atomic E-state index is 0.0185. The highest BCUT2D eigenvalue weighted by molar-refractivity contribution is 5.77. The van der Waals surface area contributed by atoms with Gasteiger partial charge >= 0.3 is 12.0 Å². The summed E-state index contributed by atoms with van der Waals surface area (Å²) in [6.45, 7) is 4.82. The molecular weight excluding hydrogens is 220 g/mol. The van der Waals surface area contributed by atoms with E-state index in [0.29, 0.717) is 12.5 Å². The van der Waals surface area contributed by atoms with Crippen LogP contribution in [0.1, 0.15) is 46.0 Å². The smallest absolute Gasteiger partial charge is 0.315 e. The molecule has 1 saturated carbocycles. The summed E-state index contributed by atoms with van der Waals surface area (Å²) in [7, 11) is 0. The Morgan fingerprint density at radius 3 is 2.41 bits per heavy atom. The molecule has 0 aromatic carbocycles. The van der Waals surface area contributed by atoms with Crippen LogP contribution in [-0.2, 0) is 4.79 Å². The van der Waals surface area contributed by atoms with Gasteiger partial charge in [-0.25, -0.2) is 4.79 Å². The highest BCUT2D eigenvalue weighted by atomic mass is 16.4. The summed E-state index contributed by atoms with van der Waals surface area (Å²) >= 11 is 0.